The predicted octanol–water partition coefficient (Wildman–Crippen LogP) is 1.97. The van der Waals surface area contributed by atoms with E-state index in [1.54, 1.807) is 20.2 Å². The number of aryl methyl sites for hydroxylation is 1. The molecule has 1 aromatic heterocycles. The van der Waals surface area contributed by atoms with Gasteiger partial charge in [-0.2, -0.15) is 0 Å². The van der Waals surface area contributed by atoms with Crippen molar-refractivity contribution < 1.29 is 9.53 Å². The number of ether oxygens (including phenoxy) is 1. The molecule has 0 bridgehead atoms. The molecule has 1 heterocycles. The van der Waals surface area contributed by atoms with Crippen molar-refractivity contribution in [2.75, 3.05) is 0 Å². The Morgan fingerprint density at radius 1 is 1.40 bits per heavy atom. The summed E-state index contributed by atoms with van der Waals surface area (Å²) in [4.78, 5) is 22.6. The van der Waals surface area contributed by atoms with E-state index in [9.17, 15) is 9.59 Å². The van der Waals surface area contributed by atoms with Crippen LogP contribution in [0.15, 0.2) is 21.5 Å². The Kier molecular flexibility index (Phi) is 4.86. The molecule has 110 valence electrons. The van der Waals surface area contributed by atoms with Crippen LogP contribution in [-0.2, 0) is 11.8 Å². The molecule has 0 saturated heterocycles. The van der Waals surface area contributed by atoms with Crippen molar-refractivity contribution in [2.24, 2.45) is 7.05 Å². The van der Waals surface area contributed by atoms with Gasteiger partial charge in [0, 0.05) is 32.3 Å². The molecule has 1 aliphatic carbocycles. The molecule has 6 heteroatoms. The van der Waals surface area contributed by atoms with E-state index in [-0.39, 0.29) is 23.6 Å². The highest BCUT2D eigenvalue weighted by atomic mass is 79.9. The lowest BCUT2D eigenvalue weighted by atomic mass is 9.93. The maximum Gasteiger partial charge on any atom is 0.254 e. The fourth-order valence-electron chi connectivity index (χ4n) is 2.46. The number of carbonyl (C=O) groups is 1. The first-order valence-corrected chi connectivity index (χ1v) is 7.55. The molecule has 2 rings (SSSR count). The van der Waals surface area contributed by atoms with Crippen LogP contribution in [0.1, 0.15) is 32.6 Å². The minimum atomic E-state index is -0.0878. The maximum atomic E-state index is 11.6. The normalized spacial score (nSPS) is 22.4. The smallest absolute Gasteiger partial charge is 0.254 e. The fourth-order valence-corrected chi connectivity index (χ4v) is 2.98. The molecular formula is C14H19BrN2O3. The van der Waals surface area contributed by atoms with Gasteiger partial charge in [-0.25, -0.2) is 0 Å². The number of amides is 1. The number of halogens is 1. The molecule has 0 radical (unpaired) electrons. The van der Waals surface area contributed by atoms with E-state index in [2.05, 4.69) is 21.2 Å². The van der Waals surface area contributed by atoms with Crippen LogP contribution in [0.3, 0.4) is 0 Å². The molecule has 1 aromatic rings. The maximum absolute atomic E-state index is 11.6. The summed E-state index contributed by atoms with van der Waals surface area (Å²) in [6.45, 7) is 1.54. The molecule has 5 nitrogen and oxygen atoms in total. The Morgan fingerprint density at radius 2 is 2.05 bits per heavy atom. The van der Waals surface area contributed by atoms with Crippen LogP contribution in [0.5, 0.6) is 5.75 Å². The van der Waals surface area contributed by atoms with Crippen LogP contribution < -0.4 is 15.6 Å². The van der Waals surface area contributed by atoms with Crippen LogP contribution in [0.25, 0.3) is 0 Å². The molecule has 0 aromatic carbocycles. The minimum absolute atomic E-state index is 0.0173. The van der Waals surface area contributed by atoms with Crippen LogP contribution in [0.4, 0.5) is 0 Å². The summed E-state index contributed by atoms with van der Waals surface area (Å²) in [5.74, 6) is 0.611. The van der Waals surface area contributed by atoms with Crippen molar-refractivity contribution in [3.63, 3.8) is 0 Å². The van der Waals surface area contributed by atoms with Crippen molar-refractivity contribution in [1.29, 1.82) is 0 Å². The van der Waals surface area contributed by atoms with Crippen molar-refractivity contribution in [3.8, 4) is 5.75 Å². The molecule has 1 fully saturated rings. The highest BCUT2D eigenvalue weighted by Crippen LogP contribution is 2.28. The average molecular weight is 343 g/mol. The number of nitrogens with one attached hydrogen (secondary N) is 1. The molecular weight excluding hydrogens is 324 g/mol. The number of hydrogen-bond acceptors (Lipinski definition) is 3. The first-order valence-electron chi connectivity index (χ1n) is 6.75. The van der Waals surface area contributed by atoms with Crippen LogP contribution in [0.2, 0.25) is 0 Å². The number of aromatic nitrogens is 1. The van der Waals surface area contributed by atoms with Crippen molar-refractivity contribution in [2.45, 2.75) is 44.8 Å². The van der Waals surface area contributed by atoms with E-state index in [0.717, 1.165) is 30.2 Å². The topological polar surface area (TPSA) is 60.3 Å². The third-order valence-electron chi connectivity index (χ3n) is 3.52. The van der Waals surface area contributed by atoms with Gasteiger partial charge in [-0.15, -0.1) is 0 Å². The molecule has 0 unspecified atom stereocenters. The van der Waals surface area contributed by atoms with E-state index < -0.39 is 0 Å². The van der Waals surface area contributed by atoms with E-state index in [0.29, 0.717) is 5.75 Å². The lowest BCUT2D eigenvalue weighted by molar-refractivity contribution is -0.120. The van der Waals surface area contributed by atoms with Gasteiger partial charge in [0.25, 0.3) is 5.56 Å². The number of carbonyl (C=O) groups excluding carboxylic acids is 1. The van der Waals surface area contributed by atoms with Gasteiger partial charge in [-0.05, 0) is 41.6 Å². The van der Waals surface area contributed by atoms with Gasteiger partial charge in [0.1, 0.15) is 5.75 Å². The van der Waals surface area contributed by atoms with Crippen molar-refractivity contribution in [3.05, 3.63) is 27.1 Å². The lowest BCUT2D eigenvalue weighted by Crippen LogP contribution is -2.38. The van der Waals surface area contributed by atoms with Crippen LogP contribution >= 0.6 is 15.9 Å². The number of pyridine rings is 1. The Morgan fingerprint density at radius 3 is 2.65 bits per heavy atom. The summed E-state index contributed by atoms with van der Waals surface area (Å²) in [6, 6.07) is 1.75. The molecule has 1 N–H and O–H groups in total. The van der Waals surface area contributed by atoms with E-state index >= 15 is 0 Å². The molecule has 1 amide bonds. The zero-order chi connectivity index (χ0) is 14.7. The minimum Gasteiger partial charge on any atom is -0.489 e. The van der Waals surface area contributed by atoms with Gasteiger partial charge in [0.05, 0.1) is 10.6 Å². The van der Waals surface area contributed by atoms with Gasteiger partial charge >= 0.3 is 0 Å². The summed E-state index contributed by atoms with van der Waals surface area (Å²) in [7, 11) is 1.70. The summed E-state index contributed by atoms with van der Waals surface area (Å²) >= 11 is 3.41. The quantitative estimate of drug-likeness (QED) is 0.913. The predicted molar refractivity (Wildman–Crippen MR) is 79.9 cm³/mol. The first kappa shape index (κ1) is 15.1. The second-order valence-electron chi connectivity index (χ2n) is 5.23. The fraction of sp³-hybridized carbons (Fsp3) is 0.571. The zero-order valence-corrected chi connectivity index (χ0v) is 13.3. The molecule has 1 aliphatic rings. The molecule has 0 spiro atoms. The first-order chi connectivity index (χ1) is 9.45. The Hall–Kier alpha value is -1.30. The molecule has 0 aliphatic heterocycles. The highest BCUT2D eigenvalue weighted by Gasteiger charge is 2.23. The monoisotopic (exact) mass is 342 g/mol. The molecule has 20 heavy (non-hydrogen) atoms. The number of hydrogen-bond donors (Lipinski definition) is 1. The van der Waals surface area contributed by atoms with E-state index in [1.807, 2.05) is 0 Å². The summed E-state index contributed by atoms with van der Waals surface area (Å²) < 4.78 is 8.19. The van der Waals surface area contributed by atoms with Crippen LogP contribution in [-0.4, -0.2) is 22.6 Å². The Bertz CT molecular complexity index is 548. The summed E-state index contributed by atoms with van der Waals surface area (Å²) in [6.07, 6.45) is 5.39. The third kappa shape index (κ3) is 3.85. The van der Waals surface area contributed by atoms with E-state index in [1.165, 1.54) is 10.6 Å². The standard InChI is InChI=1S/C14H19BrN2O3/c1-9(18)16-10-3-5-11(6-4-10)20-13-7-14(19)17(2)8-12(13)15/h7-8,10-11H,3-6H2,1-2H3,(H,16,18)/t10-,11-. The van der Waals surface area contributed by atoms with Crippen LogP contribution in [0, 0.1) is 0 Å². The zero-order valence-electron chi connectivity index (χ0n) is 11.7. The van der Waals surface area contributed by atoms with Crippen molar-refractivity contribution >= 4 is 21.8 Å². The summed E-state index contributed by atoms with van der Waals surface area (Å²) in [5, 5.41) is 2.94. The third-order valence-corrected chi connectivity index (χ3v) is 4.12. The van der Waals surface area contributed by atoms with Crippen molar-refractivity contribution in [1.82, 2.24) is 9.88 Å². The largest absolute Gasteiger partial charge is 0.489 e. The summed E-state index contributed by atoms with van der Waals surface area (Å²) in [5.41, 5.74) is -0.0878. The van der Waals surface area contributed by atoms with Gasteiger partial charge in [-0.3, -0.25) is 9.59 Å². The number of nitrogens with zero attached hydrogens (tertiary/aromatic N) is 1. The molecule has 1 saturated carbocycles. The Balaban J connectivity index is 1.94. The van der Waals surface area contributed by atoms with Gasteiger partial charge in [0.2, 0.25) is 5.91 Å². The SMILES string of the molecule is CC(=O)N[C@H]1CC[C@H](Oc2cc(=O)n(C)cc2Br)CC1. The lowest BCUT2D eigenvalue weighted by Gasteiger charge is -2.29. The Labute approximate surface area is 126 Å². The van der Waals surface area contributed by atoms with Gasteiger partial charge in [-0.1, -0.05) is 0 Å². The highest BCUT2D eigenvalue weighted by molar-refractivity contribution is 9.10. The van der Waals surface area contributed by atoms with E-state index in [4.69, 9.17) is 4.74 Å². The van der Waals surface area contributed by atoms with Gasteiger partial charge in [0.15, 0.2) is 0 Å². The average Bonchev–Trinajstić information content (AvgIpc) is 2.37. The van der Waals surface area contributed by atoms with Gasteiger partial charge < -0.3 is 14.6 Å². The second kappa shape index (κ2) is 6.43. The molecule has 0 atom stereocenters. The second-order valence-corrected chi connectivity index (χ2v) is 6.08. The number of rotatable bonds is 3.